The Hall–Kier alpha value is -1.48. The predicted molar refractivity (Wildman–Crippen MR) is 64.3 cm³/mol. The highest BCUT2D eigenvalue weighted by molar-refractivity contribution is 6.23. The normalized spacial score (nSPS) is 9.47. The Morgan fingerprint density at radius 2 is 2.00 bits per heavy atom. The van der Waals surface area contributed by atoms with Crippen molar-refractivity contribution in [3.8, 4) is 0 Å². The number of allylic oxidation sites excluding steroid dienone is 1. The number of alkyl halides is 1. The number of rotatable bonds is 3. The minimum absolute atomic E-state index is 0.237. The molecule has 0 unspecified atom stereocenters. The maximum atomic E-state index is 11.0. The number of benzene rings is 1. The zero-order valence-electron chi connectivity index (χ0n) is 8.51. The lowest BCUT2D eigenvalue weighted by molar-refractivity contribution is 0.254. The van der Waals surface area contributed by atoms with E-state index in [4.69, 9.17) is 11.6 Å². The molecule has 0 aliphatic rings. The van der Waals surface area contributed by atoms with E-state index < -0.39 is 0 Å². The summed E-state index contributed by atoms with van der Waals surface area (Å²) in [4.78, 5) is 11.0. The van der Waals surface area contributed by atoms with Crippen molar-refractivity contribution in [1.29, 1.82) is 0 Å². The lowest BCUT2D eigenvalue weighted by atomic mass is 10.1. The van der Waals surface area contributed by atoms with E-state index in [0.717, 1.165) is 16.8 Å². The van der Waals surface area contributed by atoms with Crippen molar-refractivity contribution in [2.75, 3.05) is 18.2 Å². The first-order chi connectivity index (χ1) is 7.17. The molecular weight excluding hydrogens is 212 g/mol. The highest BCUT2D eigenvalue weighted by Gasteiger charge is 2.00. The fourth-order valence-electron chi connectivity index (χ4n) is 1.06. The molecule has 0 radical (unpaired) electrons. The predicted octanol–water partition coefficient (Wildman–Crippen LogP) is 2.69. The number of hydrogen-bond donors (Lipinski definition) is 2. The molecule has 3 nitrogen and oxygen atoms in total. The monoisotopic (exact) mass is 224 g/mol. The topological polar surface area (TPSA) is 41.1 Å². The molecule has 0 bridgehead atoms. The van der Waals surface area contributed by atoms with E-state index in [2.05, 4.69) is 17.2 Å². The van der Waals surface area contributed by atoms with Crippen molar-refractivity contribution in [3.05, 3.63) is 36.4 Å². The van der Waals surface area contributed by atoms with E-state index in [1.54, 1.807) is 7.05 Å². The number of halogens is 1. The third-order valence-electron chi connectivity index (χ3n) is 1.94. The zero-order valence-corrected chi connectivity index (χ0v) is 9.27. The quantitative estimate of drug-likeness (QED) is 0.762. The number of nitrogens with one attached hydrogen (secondary N) is 2. The van der Waals surface area contributed by atoms with Crippen LogP contribution in [0.5, 0.6) is 0 Å². The van der Waals surface area contributed by atoms with Crippen LogP contribution in [0.25, 0.3) is 5.57 Å². The highest BCUT2D eigenvalue weighted by atomic mass is 35.5. The molecular formula is C11H13ClN2O. The van der Waals surface area contributed by atoms with Crippen LogP contribution in [0.3, 0.4) is 0 Å². The van der Waals surface area contributed by atoms with Gasteiger partial charge in [0.25, 0.3) is 0 Å². The van der Waals surface area contributed by atoms with Crippen LogP contribution in [0.4, 0.5) is 10.5 Å². The summed E-state index contributed by atoms with van der Waals surface area (Å²) >= 11 is 5.65. The lowest BCUT2D eigenvalue weighted by Gasteiger charge is -2.06. The highest BCUT2D eigenvalue weighted by Crippen LogP contribution is 2.16. The van der Waals surface area contributed by atoms with Gasteiger partial charge in [-0.25, -0.2) is 4.79 Å². The van der Waals surface area contributed by atoms with Crippen molar-refractivity contribution < 1.29 is 4.79 Å². The summed E-state index contributed by atoms with van der Waals surface area (Å²) in [5, 5.41) is 5.14. The van der Waals surface area contributed by atoms with Crippen LogP contribution >= 0.6 is 11.6 Å². The Balaban J connectivity index is 2.72. The SMILES string of the molecule is C=C(CCl)c1ccc(NC(=O)NC)cc1. The molecule has 4 heteroatoms. The van der Waals surface area contributed by atoms with E-state index in [0.29, 0.717) is 5.88 Å². The molecule has 0 aliphatic carbocycles. The van der Waals surface area contributed by atoms with E-state index in [1.807, 2.05) is 24.3 Å². The first-order valence-electron chi connectivity index (χ1n) is 4.50. The van der Waals surface area contributed by atoms with Gasteiger partial charge in [0, 0.05) is 18.6 Å². The van der Waals surface area contributed by atoms with Crippen LogP contribution in [0, 0.1) is 0 Å². The Bertz CT molecular complexity index is 359. The molecule has 1 aromatic carbocycles. The molecule has 2 N–H and O–H groups in total. The van der Waals surface area contributed by atoms with Crippen LogP contribution in [-0.2, 0) is 0 Å². The number of carbonyl (C=O) groups excluding carboxylic acids is 1. The summed E-state index contributed by atoms with van der Waals surface area (Å²) in [6, 6.07) is 7.12. The van der Waals surface area contributed by atoms with Gasteiger partial charge in [-0.1, -0.05) is 18.7 Å². The molecule has 0 spiro atoms. The van der Waals surface area contributed by atoms with Gasteiger partial charge in [-0.15, -0.1) is 11.6 Å². The second-order valence-corrected chi connectivity index (χ2v) is 3.29. The summed E-state index contributed by atoms with van der Waals surface area (Å²) in [5.74, 6) is 0.405. The van der Waals surface area contributed by atoms with Gasteiger partial charge < -0.3 is 10.6 Å². The van der Waals surface area contributed by atoms with Crippen molar-refractivity contribution in [3.63, 3.8) is 0 Å². The fraction of sp³-hybridized carbons (Fsp3) is 0.182. The minimum atomic E-state index is -0.237. The summed E-state index contributed by atoms with van der Waals surface area (Å²) in [6.07, 6.45) is 0. The summed E-state index contributed by atoms with van der Waals surface area (Å²) in [7, 11) is 1.57. The first-order valence-corrected chi connectivity index (χ1v) is 5.03. The molecule has 1 rings (SSSR count). The van der Waals surface area contributed by atoms with Gasteiger partial charge in [-0.05, 0) is 23.3 Å². The third-order valence-corrected chi connectivity index (χ3v) is 2.26. The number of carbonyl (C=O) groups is 1. The molecule has 0 atom stereocenters. The number of anilines is 1. The number of amides is 2. The van der Waals surface area contributed by atoms with Crippen LogP contribution in [0.2, 0.25) is 0 Å². The Labute approximate surface area is 94.1 Å². The van der Waals surface area contributed by atoms with Gasteiger partial charge >= 0.3 is 6.03 Å². The Morgan fingerprint density at radius 1 is 1.40 bits per heavy atom. The van der Waals surface area contributed by atoms with Crippen LogP contribution in [0.1, 0.15) is 5.56 Å². The van der Waals surface area contributed by atoms with E-state index in [9.17, 15) is 4.79 Å². The molecule has 0 saturated carbocycles. The smallest absolute Gasteiger partial charge is 0.318 e. The van der Waals surface area contributed by atoms with Crippen LogP contribution < -0.4 is 10.6 Å². The van der Waals surface area contributed by atoms with Crippen LogP contribution in [-0.4, -0.2) is 19.0 Å². The lowest BCUT2D eigenvalue weighted by Crippen LogP contribution is -2.24. The largest absolute Gasteiger partial charge is 0.341 e. The average molecular weight is 225 g/mol. The molecule has 0 aliphatic heterocycles. The molecule has 1 aromatic rings. The van der Waals surface area contributed by atoms with Crippen molar-refractivity contribution >= 4 is 28.9 Å². The maximum Gasteiger partial charge on any atom is 0.318 e. The van der Waals surface area contributed by atoms with Gasteiger partial charge in [0.1, 0.15) is 0 Å². The molecule has 15 heavy (non-hydrogen) atoms. The second kappa shape index (κ2) is 5.41. The molecule has 80 valence electrons. The van der Waals surface area contributed by atoms with E-state index in [1.165, 1.54) is 0 Å². The number of urea groups is 1. The molecule has 2 amide bonds. The summed E-state index contributed by atoms with van der Waals surface area (Å²) in [5.41, 5.74) is 2.58. The number of hydrogen-bond acceptors (Lipinski definition) is 1. The first kappa shape index (κ1) is 11.6. The molecule has 0 saturated heterocycles. The van der Waals surface area contributed by atoms with Crippen molar-refractivity contribution in [2.24, 2.45) is 0 Å². The van der Waals surface area contributed by atoms with E-state index >= 15 is 0 Å². The van der Waals surface area contributed by atoms with Gasteiger partial charge in [0.05, 0.1) is 0 Å². The van der Waals surface area contributed by atoms with Crippen LogP contribution in [0.15, 0.2) is 30.8 Å². The summed E-state index contributed by atoms with van der Waals surface area (Å²) in [6.45, 7) is 3.82. The molecule has 0 fully saturated rings. The van der Waals surface area contributed by atoms with Gasteiger partial charge in [0.2, 0.25) is 0 Å². The zero-order chi connectivity index (χ0) is 11.3. The molecule has 0 aromatic heterocycles. The van der Waals surface area contributed by atoms with Gasteiger partial charge in [0.15, 0.2) is 0 Å². The Kier molecular flexibility index (Phi) is 4.18. The third kappa shape index (κ3) is 3.29. The minimum Gasteiger partial charge on any atom is -0.341 e. The molecule has 0 heterocycles. The average Bonchev–Trinajstić information content (AvgIpc) is 2.29. The standard InChI is InChI=1S/C11H13ClN2O/c1-8(7-12)9-3-5-10(6-4-9)14-11(15)13-2/h3-6H,1,7H2,2H3,(H2,13,14,15). The van der Waals surface area contributed by atoms with Crippen molar-refractivity contribution in [2.45, 2.75) is 0 Å². The second-order valence-electron chi connectivity index (χ2n) is 3.02. The summed E-state index contributed by atoms with van der Waals surface area (Å²) < 4.78 is 0. The van der Waals surface area contributed by atoms with E-state index in [-0.39, 0.29) is 6.03 Å². The van der Waals surface area contributed by atoms with Gasteiger partial charge in [-0.2, -0.15) is 0 Å². The maximum absolute atomic E-state index is 11.0. The van der Waals surface area contributed by atoms with Crippen molar-refractivity contribution in [1.82, 2.24) is 5.32 Å². The van der Waals surface area contributed by atoms with Gasteiger partial charge in [-0.3, -0.25) is 0 Å². The Morgan fingerprint density at radius 3 is 2.47 bits per heavy atom. The fourth-order valence-corrected chi connectivity index (χ4v) is 1.21.